The highest BCUT2D eigenvalue weighted by Crippen LogP contribution is 2.12. The number of sulfonamides is 1. The molecule has 0 aromatic rings. The van der Waals surface area contributed by atoms with Crippen molar-refractivity contribution in [3.8, 4) is 0 Å². The molecule has 2 aliphatic rings. The molecule has 2 fully saturated rings. The van der Waals surface area contributed by atoms with E-state index in [9.17, 15) is 13.2 Å². The first-order valence-electron chi connectivity index (χ1n) is 6.74. The molecule has 1 amide bonds. The number of ether oxygens (including phenoxy) is 1. The first-order valence-corrected chi connectivity index (χ1v) is 9.50. The molecule has 0 aromatic carbocycles. The van der Waals surface area contributed by atoms with Gasteiger partial charge in [-0.15, -0.1) is 12.4 Å². The normalized spacial score (nSPS) is 24.1. The summed E-state index contributed by atoms with van der Waals surface area (Å²) >= 11 is 1.76. The summed E-state index contributed by atoms with van der Waals surface area (Å²) in [5.41, 5.74) is 0. The minimum Gasteiger partial charge on any atom is -0.378 e. The molecule has 0 saturated carbocycles. The lowest BCUT2D eigenvalue weighted by atomic mass is 10.2. The second-order valence-corrected chi connectivity index (χ2v) is 8.01. The van der Waals surface area contributed by atoms with Gasteiger partial charge in [-0.25, -0.2) is 12.7 Å². The van der Waals surface area contributed by atoms with Crippen molar-refractivity contribution < 1.29 is 17.9 Å². The number of amides is 1. The zero-order valence-corrected chi connectivity index (χ0v) is 14.2. The number of nitrogens with one attached hydrogen (secondary N) is 2. The maximum atomic E-state index is 12.1. The van der Waals surface area contributed by atoms with Gasteiger partial charge in [0.2, 0.25) is 15.9 Å². The van der Waals surface area contributed by atoms with Crippen LogP contribution in [0.5, 0.6) is 0 Å². The second-order valence-electron chi connectivity index (χ2n) is 4.70. The fraction of sp³-hybridized carbons (Fsp3) is 0.909. The smallest absolute Gasteiger partial charge is 0.239 e. The molecule has 0 radical (unpaired) electrons. The van der Waals surface area contributed by atoms with E-state index >= 15 is 0 Å². The van der Waals surface area contributed by atoms with Gasteiger partial charge in [0.15, 0.2) is 0 Å². The summed E-state index contributed by atoms with van der Waals surface area (Å²) in [6, 6.07) is -0.377. The van der Waals surface area contributed by atoms with Crippen molar-refractivity contribution in [3.05, 3.63) is 0 Å². The summed E-state index contributed by atoms with van der Waals surface area (Å²) in [6.45, 7) is 2.86. The van der Waals surface area contributed by atoms with E-state index in [0.29, 0.717) is 32.8 Å². The summed E-state index contributed by atoms with van der Waals surface area (Å²) in [4.78, 5) is 11.8. The van der Waals surface area contributed by atoms with Crippen LogP contribution in [0.3, 0.4) is 0 Å². The Labute approximate surface area is 136 Å². The van der Waals surface area contributed by atoms with Crippen molar-refractivity contribution in [2.45, 2.75) is 6.04 Å². The Morgan fingerprint density at radius 2 is 2.10 bits per heavy atom. The molecule has 7 nitrogen and oxygen atoms in total. The van der Waals surface area contributed by atoms with Crippen LogP contribution in [0.25, 0.3) is 0 Å². The van der Waals surface area contributed by atoms with Crippen LogP contribution in [0.2, 0.25) is 0 Å². The largest absolute Gasteiger partial charge is 0.378 e. The number of morpholine rings is 1. The van der Waals surface area contributed by atoms with Crippen molar-refractivity contribution in [2.75, 3.05) is 56.7 Å². The molecule has 1 atom stereocenters. The molecule has 0 aromatic heterocycles. The molecule has 2 rings (SSSR count). The third-order valence-electron chi connectivity index (χ3n) is 3.26. The number of rotatable bonds is 5. The minimum atomic E-state index is -3.26. The first-order chi connectivity index (χ1) is 9.59. The number of carbonyl (C=O) groups excluding carboxylic acids is 1. The molecular weight excluding hydrogens is 338 g/mol. The number of hydrogen-bond donors (Lipinski definition) is 2. The van der Waals surface area contributed by atoms with Crippen LogP contribution in [0, 0.1) is 0 Å². The topological polar surface area (TPSA) is 87.7 Å². The van der Waals surface area contributed by atoms with Gasteiger partial charge in [-0.05, 0) is 0 Å². The van der Waals surface area contributed by atoms with E-state index < -0.39 is 10.0 Å². The van der Waals surface area contributed by atoms with Gasteiger partial charge >= 0.3 is 0 Å². The predicted molar refractivity (Wildman–Crippen MR) is 85.6 cm³/mol. The SMILES string of the molecule is Cl.O=C(NCCS(=O)(=O)N1CCSCC1)C1COCCN1. The fourth-order valence-corrected chi connectivity index (χ4v) is 4.61. The van der Waals surface area contributed by atoms with Crippen LogP contribution in [0.15, 0.2) is 0 Å². The van der Waals surface area contributed by atoms with Crippen molar-refractivity contribution in [1.82, 2.24) is 14.9 Å². The molecule has 1 unspecified atom stereocenters. The maximum Gasteiger partial charge on any atom is 0.239 e. The van der Waals surface area contributed by atoms with E-state index in [1.165, 1.54) is 4.31 Å². The number of hydrogen-bond acceptors (Lipinski definition) is 6. The third-order valence-corrected chi connectivity index (χ3v) is 6.08. The summed E-state index contributed by atoms with van der Waals surface area (Å²) in [7, 11) is -3.26. The van der Waals surface area contributed by atoms with Crippen LogP contribution < -0.4 is 10.6 Å². The van der Waals surface area contributed by atoms with Crippen LogP contribution in [-0.2, 0) is 19.6 Å². The third kappa shape index (κ3) is 5.91. The number of carbonyl (C=O) groups is 1. The Morgan fingerprint density at radius 3 is 2.71 bits per heavy atom. The fourth-order valence-electron chi connectivity index (χ4n) is 2.11. The second kappa shape index (κ2) is 9.16. The Morgan fingerprint density at radius 1 is 1.38 bits per heavy atom. The van der Waals surface area contributed by atoms with Crippen LogP contribution in [0.1, 0.15) is 0 Å². The molecule has 2 aliphatic heterocycles. The molecule has 10 heteroatoms. The monoisotopic (exact) mass is 359 g/mol. The van der Waals surface area contributed by atoms with E-state index in [1.807, 2.05) is 0 Å². The summed E-state index contributed by atoms with van der Waals surface area (Å²) < 4.78 is 30.8. The number of nitrogens with zero attached hydrogens (tertiary/aromatic N) is 1. The highest BCUT2D eigenvalue weighted by Gasteiger charge is 2.25. The van der Waals surface area contributed by atoms with E-state index in [1.54, 1.807) is 11.8 Å². The van der Waals surface area contributed by atoms with Crippen LogP contribution in [-0.4, -0.2) is 81.3 Å². The molecule has 124 valence electrons. The molecule has 0 bridgehead atoms. The Kier molecular flexibility index (Phi) is 8.28. The molecule has 2 saturated heterocycles. The lowest BCUT2D eigenvalue weighted by Gasteiger charge is -2.26. The van der Waals surface area contributed by atoms with E-state index in [0.717, 1.165) is 11.5 Å². The molecular formula is C11H22ClN3O4S2. The molecule has 2 N–H and O–H groups in total. The minimum absolute atomic E-state index is 0. The summed E-state index contributed by atoms with van der Waals surface area (Å²) in [6.07, 6.45) is 0. The quantitative estimate of drug-likeness (QED) is 0.647. The van der Waals surface area contributed by atoms with Gasteiger partial charge in [-0.2, -0.15) is 11.8 Å². The number of thioether (sulfide) groups is 1. The average molecular weight is 360 g/mol. The van der Waals surface area contributed by atoms with Crippen molar-refractivity contribution in [2.24, 2.45) is 0 Å². The molecule has 0 spiro atoms. The predicted octanol–water partition coefficient (Wildman–Crippen LogP) is -1.11. The van der Waals surface area contributed by atoms with Crippen LogP contribution in [0.4, 0.5) is 0 Å². The zero-order valence-electron chi connectivity index (χ0n) is 11.7. The van der Waals surface area contributed by atoms with Gasteiger partial charge in [0.1, 0.15) is 6.04 Å². The molecule has 2 heterocycles. The average Bonchev–Trinajstić information content (AvgIpc) is 2.49. The van der Waals surface area contributed by atoms with Gasteiger partial charge in [0.25, 0.3) is 0 Å². The highest BCUT2D eigenvalue weighted by molar-refractivity contribution is 7.99. The Balaban J connectivity index is 0.00000220. The van der Waals surface area contributed by atoms with Crippen LogP contribution >= 0.6 is 24.2 Å². The van der Waals surface area contributed by atoms with Crippen molar-refractivity contribution >= 4 is 40.1 Å². The lowest BCUT2D eigenvalue weighted by molar-refractivity contribution is -0.125. The van der Waals surface area contributed by atoms with Gasteiger partial charge in [-0.3, -0.25) is 4.79 Å². The van der Waals surface area contributed by atoms with Gasteiger partial charge < -0.3 is 15.4 Å². The Hall–Kier alpha value is -0.0600. The summed E-state index contributed by atoms with van der Waals surface area (Å²) in [5.74, 6) is 1.44. The number of halogens is 1. The first kappa shape index (κ1) is 19.0. The maximum absolute atomic E-state index is 12.1. The van der Waals surface area contributed by atoms with E-state index in [2.05, 4.69) is 10.6 Å². The highest BCUT2D eigenvalue weighted by atomic mass is 35.5. The van der Waals surface area contributed by atoms with Crippen molar-refractivity contribution in [1.29, 1.82) is 0 Å². The molecule has 0 aliphatic carbocycles. The molecule has 21 heavy (non-hydrogen) atoms. The van der Waals surface area contributed by atoms with E-state index in [-0.39, 0.29) is 36.7 Å². The van der Waals surface area contributed by atoms with Gasteiger partial charge in [0.05, 0.1) is 19.0 Å². The summed E-state index contributed by atoms with van der Waals surface area (Å²) in [5, 5.41) is 5.69. The lowest BCUT2D eigenvalue weighted by Crippen LogP contribution is -2.52. The Bertz CT molecular complexity index is 423. The van der Waals surface area contributed by atoms with Gasteiger partial charge in [0, 0.05) is 37.7 Å². The van der Waals surface area contributed by atoms with Gasteiger partial charge in [-0.1, -0.05) is 0 Å². The zero-order chi connectivity index (χ0) is 14.4. The van der Waals surface area contributed by atoms with Crippen molar-refractivity contribution in [3.63, 3.8) is 0 Å². The standard InChI is InChI=1S/C11H21N3O4S2.ClH/c15-11(10-9-18-5-1-12-10)13-2-8-20(16,17)14-3-6-19-7-4-14;/h10,12H,1-9H2,(H,13,15);1H. The van der Waals surface area contributed by atoms with E-state index in [4.69, 9.17) is 4.74 Å².